The van der Waals surface area contributed by atoms with E-state index >= 15 is 0 Å². The third-order valence-electron chi connectivity index (χ3n) is 2.89. The summed E-state index contributed by atoms with van der Waals surface area (Å²) in [6.07, 6.45) is 6.73. The smallest absolute Gasteiger partial charge is 0.00642 e. The van der Waals surface area contributed by atoms with Gasteiger partial charge in [-0.3, -0.25) is 0 Å². The first-order valence-corrected chi connectivity index (χ1v) is 5.04. The third kappa shape index (κ3) is 2.98. The van der Waals surface area contributed by atoms with Crippen LogP contribution in [0.4, 0.5) is 0 Å². The van der Waals surface area contributed by atoms with E-state index in [0.29, 0.717) is 0 Å². The van der Waals surface area contributed by atoms with Crippen LogP contribution in [-0.4, -0.2) is 13.1 Å². The Morgan fingerprint density at radius 3 is 2.33 bits per heavy atom. The van der Waals surface area contributed by atoms with Crippen molar-refractivity contribution in [2.45, 2.75) is 45.1 Å². The Morgan fingerprint density at radius 2 is 1.92 bits per heavy atom. The summed E-state index contributed by atoms with van der Waals surface area (Å²) < 4.78 is 0. The Balaban J connectivity index is 2.21. The molecule has 1 rings (SSSR count). The van der Waals surface area contributed by atoms with Crippen LogP contribution in [-0.2, 0) is 0 Å². The molecule has 0 atom stereocenters. The molecule has 0 aromatic heterocycles. The summed E-state index contributed by atoms with van der Waals surface area (Å²) in [6, 6.07) is 0.784. The zero-order valence-electron chi connectivity index (χ0n) is 8.40. The highest BCUT2D eigenvalue weighted by Gasteiger charge is 2.19. The fourth-order valence-electron chi connectivity index (χ4n) is 2.15. The van der Waals surface area contributed by atoms with Crippen LogP contribution < -0.4 is 5.32 Å². The molecule has 1 aliphatic rings. The molecule has 1 nitrogen and oxygen atoms in total. The van der Waals surface area contributed by atoms with Crippen molar-refractivity contribution in [2.24, 2.45) is 5.92 Å². The van der Waals surface area contributed by atoms with Crippen molar-refractivity contribution in [2.75, 3.05) is 7.05 Å². The van der Waals surface area contributed by atoms with E-state index in [2.05, 4.69) is 25.9 Å². The van der Waals surface area contributed by atoms with Crippen molar-refractivity contribution in [3.63, 3.8) is 0 Å². The molecule has 0 aliphatic heterocycles. The second-order valence-corrected chi connectivity index (χ2v) is 4.17. The first-order chi connectivity index (χ1) is 5.72. The van der Waals surface area contributed by atoms with Gasteiger partial charge in [0.05, 0.1) is 0 Å². The highest BCUT2D eigenvalue weighted by Crippen LogP contribution is 2.28. The Kier molecular flexibility index (Phi) is 3.80. The Hall–Kier alpha value is -0.300. The minimum absolute atomic E-state index is 0.784. The average molecular weight is 167 g/mol. The summed E-state index contributed by atoms with van der Waals surface area (Å²) in [7, 11) is 2.07. The molecule has 0 bridgehead atoms. The minimum atomic E-state index is 0.784. The third-order valence-corrected chi connectivity index (χ3v) is 2.89. The van der Waals surface area contributed by atoms with Gasteiger partial charge in [-0.1, -0.05) is 5.57 Å². The van der Waals surface area contributed by atoms with E-state index < -0.39 is 0 Å². The van der Waals surface area contributed by atoms with Crippen molar-refractivity contribution in [1.29, 1.82) is 0 Å². The van der Waals surface area contributed by atoms with Crippen LogP contribution in [0.2, 0.25) is 0 Å². The molecular weight excluding hydrogens is 146 g/mol. The van der Waals surface area contributed by atoms with Crippen LogP contribution in [0.3, 0.4) is 0 Å². The molecule has 1 saturated carbocycles. The molecule has 0 amide bonds. The van der Waals surface area contributed by atoms with E-state index in [4.69, 9.17) is 0 Å². The lowest BCUT2D eigenvalue weighted by Crippen LogP contribution is -2.30. The van der Waals surface area contributed by atoms with Crippen LogP contribution in [0, 0.1) is 5.92 Å². The maximum Gasteiger partial charge on any atom is 0.00642 e. The van der Waals surface area contributed by atoms with Crippen molar-refractivity contribution in [3.8, 4) is 0 Å². The number of hydrogen-bond acceptors (Lipinski definition) is 1. The summed E-state index contributed by atoms with van der Waals surface area (Å²) in [4.78, 5) is 0. The van der Waals surface area contributed by atoms with Gasteiger partial charge in [-0.15, -0.1) is 6.58 Å². The molecule has 1 N–H and O–H groups in total. The fraction of sp³-hybridized carbons (Fsp3) is 0.818. The lowest BCUT2D eigenvalue weighted by molar-refractivity contribution is 0.300. The number of rotatable bonds is 3. The van der Waals surface area contributed by atoms with Gasteiger partial charge < -0.3 is 5.32 Å². The van der Waals surface area contributed by atoms with Gasteiger partial charge in [0.25, 0.3) is 0 Å². The average Bonchev–Trinajstić information content (AvgIpc) is 2.05. The Morgan fingerprint density at radius 1 is 1.33 bits per heavy atom. The van der Waals surface area contributed by atoms with Gasteiger partial charge in [0, 0.05) is 6.04 Å². The summed E-state index contributed by atoms with van der Waals surface area (Å²) in [5, 5.41) is 3.36. The van der Waals surface area contributed by atoms with E-state index in [1.165, 1.54) is 37.7 Å². The molecular formula is C11H21N. The summed E-state index contributed by atoms with van der Waals surface area (Å²) in [6.45, 7) is 6.12. The maximum absolute atomic E-state index is 3.97. The van der Waals surface area contributed by atoms with Crippen molar-refractivity contribution < 1.29 is 0 Å². The van der Waals surface area contributed by atoms with Gasteiger partial charge in [-0.2, -0.15) is 0 Å². The van der Waals surface area contributed by atoms with Gasteiger partial charge in [-0.25, -0.2) is 0 Å². The molecule has 0 saturated heterocycles. The molecule has 0 radical (unpaired) electrons. The largest absolute Gasteiger partial charge is 0.317 e. The molecule has 1 aliphatic carbocycles. The second kappa shape index (κ2) is 4.66. The summed E-state index contributed by atoms with van der Waals surface area (Å²) in [5.41, 5.74) is 1.35. The topological polar surface area (TPSA) is 12.0 Å². The van der Waals surface area contributed by atoms with Crippen molar-refractivity contribution >= 4 is 0 Å². The monoisotopic (exact) mass is 167 g/mol. The molecule has 0 heterocycles. The number of hydrogen-bond donors (Lipinski definition) is 1. The van der Waals surface area contributed by atoms with Gasteiger partial charge in [0.2, 0.25) is 0 Å². The van der Waals surface area contributed by atoms with Crippen LogP contribution in [0.25, 0.3) is 0 Å². The quantitative estimate of drug-likeness (QED) is 0.637. The summed E-state index contributed by atoms with van der Waals surface area (Å²) in [5.74, 6) is 0.923. The molecule has 1 fully saturated rings. The van der Waals surface area contributed by atoms with Gasteiger partial charge in [0.15, 0.2) is 0 Å². The molecule has 0 aromatic carbocycles. The molecule has 0 unspecified atom stereocenters. The first kappa shape index (κ1) is 9.79. The molecule has 12 heavy (non-hydrogen) atoms. The van der Waals surface area contributed by atoms with E-state index in [0.717, 1.165) is 12.0 Å². The van der Waals surface area contributed by atoms with Gasteiger partial charge >= 0.3 is 0 Å². The van der Waals surface area contributed by atoms with E-state index in [9.17, 15) is 0 Å². The molecule has 0 spiro atoms. The lowest BCUT2D eigenvalue weighted by Gasteiger charge is -2.28. The molecule has 1 heteroatoms. The van der Waals surface area contributed by atoms with Crippen molar-refractivity contribution in [1.82, 2.24) is 5.32 Å². The maximum atomic E-state index is 3.97. The number of allylic oxidation sites excluding steroid dienone is 1. The predicted octanol–water partition coefficient (Wildman–Crippen LogP) is 2.73. The number of nitrogens with one attached hydrogen (secondary N) is 1. The second-order valence-electron chi connectivity index (χ2n) is 4.17. The lowest BCUT2D eigenvalue weighted by atomic mass is 9.83. The van der Waals surface area contributed by atoms with Crippen LogP contribution in [0.15, 0.2) is 12.2 Å². The molecule has 0 aromatic rings. The van der Waals surface area contributed by atoms with E-state index in [-0.39, 0.29) is 0 Å². The molecule has 70 valence electrons. The van der Waals surface area contributed by atoms with Gasteiger partial charge in [0.1, 0.15) is 0 Å². The van der Waals surface area contributed by atoms with Crippen LogP contribution in [0.1, 0.15) is 39.0 Å². The predicted molar refractivity (Wildman–Crippen MR) is 54.2 cm³/mol. The first-order valence-electron chi connectivity index (χ1n) is 5.04. The standard InChI is InChI=1S/C11H21N/c1-9(2)8-10-4-6-11(12-3)7-5-10/h10-12H,1,4-8H2,2-3H3. The zero-order valence-corrected chi connectivity index (χ0v) is 8.40. The van der Waals surface area contributed by atoms with Crippen LogP contribution >= 0.6 is 0 Å². The Labute approximate surface area is 76.2 Å². The summed E-state index contributed by atoms with van der Waals surface area (Å²) >= 11 is 0. The van der Waals surface area contributed by atoms with E-state index in [1.807, 2.05) is 0 Å². The highest BCUT2D eigenvalue weighted by atomic mass is 14.9. The normalized spacial score (nSPS) is 30.2. The fourth-order valence-corrected chi connectivity index (χ4v) is 2.15. The SMILES string of the molecule is C=C(C)CC1CCC(NC)CC1. The highest BCUT2D eigenvalue weighted by molar-refractivity contribution is 4.92. The van der Waals surface area contributed by atoms with Crippen LogP contribution in [0.5, 0.6) is 0 Å². The zero-order chi connectivity index (χ0) is 8.97. The minimum Gasteiger partial charge on any atom is -0.317 e. The van der Waals surface area contributed by atoms with Gasteiger partial charge in [-0.05, 0) is 52.0 Å². The van der Waals surface area contributed by atoms with E-state index in [1.54, 1.807) is 0 Å². The van der Waals surface area contributed by atoms with Crippen molar-refractivity contribution in [3.05, 3.63) is 12.2 Å². The Bertz CT molecular complexity index is 143.